The van der Waals surface area contributed by atoms with E-state index in [-0.39, 0.29) is 0 Å². The van der Waals surface area contributed by atoms with Crippen LogP contribution in [0, 0.1) is 18.3 Å². The predicted molar refractivity (Wildman–Crippen MR) is 89.7 cm³/mol. The van der Waals surface area contributed by atoms with Crippen molar-refractivity contribution < 1.29 is 0 Å². The molecule has 0 atom stereocenters. The van der Waals surface area contributed by atoms with Gasteiger partial charge in [-0.3, -0.25) is 0 Å². The Morgan fingerprint density at radius 3 is 2.77 bits per heavy atom. The molecule has 114 valence electrons. The Morgan fingerprint density at radius 1 is 1.36 bits per heavy atom. The maximum absolute atomic E-state index is 9.53. The highest BCUT2D eigenvalue weighted by molar-refractivity contribution is 8.06. The van der Waals surface area contributed by atoms with Gasteiger partial charge in [0.15, 0.2) is 0 Å². The lowest BCUT2D eigenvalue weighted by atomic mass is 10.2. The summed E-state index contributed by atoms with van der Waals surface area (Å²) in [6.45, 7) is 3.91. The molecule has 1 aromatic heterocycles. The maximum Gasteiger partial charge on any atom is 0.223 e. The van der Waals surface area contributed by atoms with E-state index in [2.05, 4.69) is 26.7 Å². The van der Waals surface area contributed by atoms with Crippen LogP contribution in [0.5, 0.6) is 0 Å². The summed E-state index contributed by atoms with van der Waals surface area (Å²) in [5.41, 5.74) is 3.15. The second-order valence-electron chi connectivity index (χ2n) is 5.70. The average Bonchev–Trinajstić information content (AvgIpc) is 3.11. The van der Waals surface area contributed by atoms with Gasteiger partial charge < -0.3 is 10.6 Å². The fourth-order valence-electron chi connectivity index (χ4n) is 2.75. The van der Waals surface area contributed by atoms with Crippen molar-refractivity contribution in [1.29, 1.82) is 5.26 Å². The zero-order chi connectivity index (χ0) is 15.5. The number of thioether (sulfide) groups is 1. The molecule has 1 aliphatic carbocycles. The van der Waals surface area contributed by atoms with Gasteiger partial charge in [0.1, 0.15) is 11.6 Å². The number of aromatic nitrogens is 2. The smallest absolute Gasteiger partial charge is 0.223 e. The Labute approximate surface area is 134 Å². The van der Waals surface area contributed by atoms with Crippen LogP contribution in [0.2, 0.25) is 0 Å². The van der Waals surface area contributed by atoms with Crippen LogP contribution in [0.1, 0.15) is 44.0 Å². The summed E-state index contributed by atoms with van der Waals surface area (Å²) in [4.78, 5) is 9.02. The first-order valence-corrected chi connectivity index (χ1v) is 8.41. The van der Waals surface area contributed by atoms with E-state index < -0.39 is 0 Å². The molecule has 0 unspecified atom stereocenters. The van der Waals surface area contributed by atoms with Crippen LogP contribution in [-0.2, 0) is 0 Å². The zero-order valence-electron chi connectivity index (χ0n) is 12.8. The Balaban J connectivity index is 1.90. The molecule has 2 aliphatic rings. The van der Waals surface area contributed by atoms with Crippen LogP contribution < -0.4 is 10.6 Å². The largest absolute Gasteiger partial charge is 0.352 e. The molecule has 0 bridgehead atoms. The number of nitrogens with zero attached hydrogens (tertiary/aromatic N) is 3. The molecule has 1 fully saturated rings. The summed E-state index contributed by atoms with van der Waals surface area (Å²) in [6, 6.07) is 4.59. The van der Waals surface area contributed by atoms with Gasteiger partial charge in [-0.2, -0.15) is 5.26 Å². The molecule has 0 aromatic carbocycles. The molecule has 2 heterocycles. The number of aryl methyl sites for hydroxylation is 1. The highest BCUT2D eigenvalue weighted by atomic mass is 32.2. The van der Waals surface area contributed by atoms with Gasteiger partial charge in [0, 0.05) is 17.4 Å². The molecule has 0 radical (unpaired) electrons. The van der Waals surface area contributed by atoms with Crippen molar-refractivity contribution in [3.63, 3.8) is 0 Å². The molecule has 5 nitrogen and oxygen atoms in total. The molecule has 6 heteroatoms. The summed E-state index contributed by atoms with van der Waals surface area (Å²) in [5, 5.41) is 19.0. The SMILES string of the molecule is CC1=CS/C(=C(/C#N)c2cc(C)nc(NC3CCCC3)n2)N1. The third-order valence-corrected chi connectivity index (χ3v) is 4.82. The molecule has 2 N–H and O–H groups in total. The van der Waals surface area contributed by atoms with Gasteiger partial charge in [-0.25, -0.2) is 9.97 Å². The van der Waals surface area contributed by atoms with E-state index in [1.807, 2.05) is 25.3 Å². The average molecular weight is 313 g/mol. The quantitative estimate of drug-likeness (QED) is 0.832. The summed E-state index contributed by atoms with van der Waals surface area (Å²) in [5.74, 6) is 0.628. The highest BCUT2D eigenvalue weighted by Crippen LogP contribution is 2.31. The van der Waals surface area contributed by atoms with Crippen molar-refractivity contribution in [2.45, 2.75) is 45.6 Å². The summed E-state index contributed by atoms with van der Waals surface area (Å²) in [7, 11) is 0. The molecular weight excluding hydrogens is 294 g/mol. The van der Waals surface area contributed by atoms with E-state index in [9.17, 15) is 5.26 Å². The van der Waals surface area contributed by atoms with Crippen LogP contribution in [0.4, 0.5) is 5.95 Å². The maximum atomic E-state index is 9.53. The normalized spacial score (nSPS) is 20.3. The lowest BCUT2D eigenvalue weighted by molar-refractivity contribution is 0.742. The Morgan fingerprint density at radius 2 is 2.14 bits per heavy atom. The van der Waals surface area contributed by atoms with Crippen molar-refractivity contribution in [2.75, 3.05) is 5.32 Å². The Kier molecular flexibility index (Phi) is 4.34. The molecule has 1 aliphatic heterocycles. The minimum absolute atomic E-state index is 0.454. The van der Waals surface area contributed by atoms with Crippen molar-refractivity contribution in [3.05, 3.63) is 33.6 Å². The van der Waals surface area contributed by atoms with Gasteiger partial charge in [-0.05, 0) is 38.2 Å². The number of nitriles is 1. The first-order valence-electron chi connectivity index (χ1n) is 7.53. The molecular formula is C16H19N5S. The standard InChI is InChI=1S/C16H19N5S/c1-10-7-14(13(8-17)15-18-11(2)9-22-15)21-16(19-10)20-12-5-3-4-6-12/h7,9,12,18H,3-6H2,1-2H3,(H,19,20,21)/b15-13-. The van der Waals surface area contributed by atoms with Crippen molar-refractivity contribution in [3.8, 4) is 6.07 Å². The number of anilines is 1. The van der Waals surface area contributed by atoms with Crippen LogP contribution in [0.3, 0.4) is 0 Å². The molecule has 1 saturated carbocycles. The van der Waals surface area contributed by atoms with E-state index >= 15 is 0 Å². The van der Waals surface area contributed by atoms with E-state index in [1.54, 1.807) is 0 Å². The number of hydrogen-bond acceptors (Lipinski definition) is 6. The van der Waals surface area contributed by atoms with E-state index in [1.165, 1.54) is 37.4 Å². The highest BCUT2D eigenvalue weighted by Gasteiger charge is 2.19. The first kappa shape index (κ1) is 14.9. The lowest BCUT2D eigenvalue weighted by Gasteiger charge is -2.13. The number of nitrogens with one attached hydrogen (secondary N) is 2. The minimum Gasteiger partial charge on any atom is -0.352 e. The summed E-state index contributed by atoms with van der Waals surface area (Å²) < 4.78 is 0. The second-order valence-corrected chi connectivity index (χ2v) is 6.58. The second kappa shape index (κ2) is 6.41. The molecule has 1 aromatic rings. The Hall–Kier alpha value is -2.00. The van der Waals surface area contributed by atoms with Gasteiger partial charge >= 0.3 is 0 Å². The Bertz CT molecular complexity index is 680. The van der Waals surface area contributed by atoms with Crippen molar-refractivity contribution >= 4 is 23.3 Å². The third-order valence-electron chi connectivity index (χ3n) is 3.80. The van der Waals surface area contributed by atoms with E-state index in [0.29, 0.717) is 23.3 Å². The van der Waals surface area contributed by atoms with E-state index in [4.69, 9.17) is 0 Å². The summed E-state index contributed by atoms with van der Waals surface area (Å²) in [6.07, 6.45) is 4.85. The molecule has 22 heavy (non-hydrogen) atoms. The van der Waals surface area contributed by atoms with Crippen molar-refractivity contribution in [2.24, 2.45) is 0 Å². The number of rotatable bonds is 3. The molecule has 0 saturated heterocycles. The van der Waals surface area contributed by atoms with Crippen LogP contribution in [0.25, 0.3) is 5.57 Å². The fraction of sp³-hybridized carbons (Fsp3) is 0.438. The third kappa shape index (κ3) is 3.25. The lowest BCUT2D eigenvalue weighted by Crippen LogP contribution is -2.17. The predicted octanol–water partition coefficient (Wildman–Crippen LogP) is 3.53. The topological polar surface area (TPSA) is 73.6 Å². The number of allylic oxidation sites excluding steroid dienone is 2. The molecule has 0 amide bonds. The van der Waals surface area contributed by atoms with Gasteiger partial charge in [-0.1, -0.05) is 24.6 Å². The van der Waals surface area contributed by atoms with E-state index in [0.717, 1.165) is 16.4 Å². The van der Waals surface area contributed by atoms with Gasteiger partial charge in [0.05, 0.1) is 10.7 Å². The van der Waals surface area contributed by atoms with Crippen molar-refractivity contribution in [1.82, 2.24) is 15.3 Å². The van der Waals surface area contributed by atoms with Crippen LogP contribution in [0.15, 0.2) is 22.2 Å². The van der Waals surface area contributed by atoms with Gasteiger partial charge in [0.2, 0.25) is 5.95 Å². The summed E-state index contributed by atoms with van der Waals surface area (Å²) >= 11 is 1.53. The van der Waals surface area contributed by atoms with Crippen LogP contribution >= 0.6 is 11.8 Å². The first-order chi connectivity index (χ1) is 10.7. The molecule has 0 spiro atoms. The molecule has 3 rings (SSSR count). The monoisotopic (exact) mass is 313 g/mol. The zero-order valence-corrected chi connectivity index (χ0v) is 13.6. The fourth-order valence-corrected chi connectivity index (χ4v) is 3.59. The number of hydrogen-bond donors (Lipinski definition) is 2. The van der Waals surface area contributed by atoms with Crippen LogP contribution in [-0.4, -0.2) is 16.0 Å². The van der Waals surface area contributed by atoms with Gasteiger partial charge in [0.25, 0.3) is 0 Å². The minimum atomic E-state index is 0.454. The van der Waals surface area contributed by atoms with Gasteiger partial charge in [-0.15, -0.1) is 0 Å².